The van der Waals surface area contributed by atoms with Crippen LogP contribution in [0, 0.1) is 6.92 Å². The molecule has 5 nitrogen and oxygen atoms in total. The third-order valence-corrected chi connectivity index (χ3v) is 5.46. The van der Waals surface area contributed by atoms with Crippen molar-refractivity contribution in [3.63, 3.8) is 0 Å². The highest BCUT2D eigenvalue weighted by Gasteiger charge is 2.20. The Morgan fingerprint density at radius 2 is 2.04 bits per heavy atom. The maximum absolute atomic E-state index is 12.3. The average Bonchev–Trinajstić information content (AvgIpc) is 2.94. The highest BCUT2D eigenvalue weighted by molar-refractivity contribution is 7.19. The molecule has 0 saturated carbocycles. The van der Waals surface area contributed by atoms with Gasteiger partial charge in [0.25, 0.3) is 0 Å². The molecule has 0 bridgehead atoms. The molecule has 2 aromatic heterocycles. The molecule has 0 radical (unpaired) electrons. The standard InChI is InChI=1S/C18H18N4OS/c1-11-5-4-6-12(9-11)21-18(23)22-16-15-13-7-2-3-8-14(13)24-17(15)20-10-19-16/h4-6,9-10H,2-3,7-8H2,1H3,(H2,19,20,21,22,23). The minimum absolute atomic E-state index is 0.281. The van der Waals surface area contributed by atoms with Gasteiger partial charge in [0.05, 0.1) is 5.39 Å². The maximum atomic E-state index is 12.3. The monoisotopic (exact) mass is 338 g/mol. The summed E-state index contributed by atoms with van der Waals surface area (Å²) in [7, 11) is 0. The molecule has 0 spiro atoms. The smallest absolute Gasteiger partial charge is 0.308 e. The third-order valence-electron chi connectivity index (χ3n) is 4.26. The van der Waals surface area contributed by atoms with Crippen LogP contribution in [0.1, 0.15) is 28.8 Å². The second-order valence-corrected chi connectivity index (χ2v) is 7.15. The van der Waals surface area contributed by atoms with Crippen LogP contribution in [0.4, 0.5) is 16.3 Å². The van der Waals surface area contributed by atoms with Crippen molar-refractivity contribution in [3.05, 3.63) is 46.6 Å². The topological polar surface area (TPSA) is 66.9 Å². The van der Waals surface area contributed by atoms with Crippen LogP contribution in [0.15, 0.2) is 30.6 Å². The van der Waals surface area contributed by atoms with Crippen LogP contribution in [0.25, 0.3) is 10.2 Å². The van der Waals surface area contributed by atoms with E-state index in [0.717, 1.165) is 34.3 Å². The van der Waals surface area contributed by atoms with E-state index in [4.69, 9.17) is 0 Å². The average molecular weight is 338 g/mol. The maximum Gasteiger partial charge on any atom is 0.324 e. The molecule has 1 aliphatic rings. The lowest BCUT2D eigenvalue weighted by Crippen LogP contribution is -2.20. The quantitative estimate of drug-likeness (QED) is 0.722. The Morgan fingerprint density at radius 3 is 2.92 bits per heavy atom. The summed E-state index contributed by atoms with van der Waals surface area (Å²) in [6, 6.07) is 7.44. The normalized spacial score (nSPS) is 13.5. The second kappa shape index (κ2) is 6.20. The summed E-state index contributed by atoms with van der Waals surface area (Å²) in [5.41, 5.74) is 3.18. The zero-order valence-electron chi connectivity index (χ0n) is 13.4. The number of urea groups is 1. The first-order chi connectivity index (χ1) is 11.7. The summed E-state index contributed by atoms with van der Waals surface area (Å²) < 4.78 is 0. The molecule has 0 aliphatic heterocycles. The summed E-state index contributed by atoms with van der Waals surface area (Å²) >= 11 is 1.72. The number of benzene rings is 1. The summed E-state index contributed by atoms with van der Waals surface area (Å²) in [5, 5.41) is 6.77. The minimum Gasteiger partial charge on any atom is -0.308 e. The molecule has 0 fully saturated rings. The number of hydrogen-bond acceptors (Lipinski definition) is 4. The number of amides is 2. The van der Waals surface area contributed by atoms with Gasteiger partial charge in [-0.1, -0.05) is 12.1 Å². The van der Waals surface area contributed by atoms with Crippen LogP contribution < -0.4 is 10.6 Å². The Kier molecular flexibility index (Phi) is 3.90. The molecule has 0 atom stereocenters. The van der Waals surface area contributed by atoms with Crippen LogP contribution in [-0.2, 0) is 12.8 Å². The number of carbonyl (C=O) groups excluding carboxylic acids is 1. The lowest BCUT2D eigenvalue weighted by atomic mass is 9.97. The largest absolute Gasteiger partial charge is 0.324 e. The molecular formula is C18H18N4OS. The van der Waals surface area contributed by atoms with Crippen LogP contribution in [0.5, 0.6) is 0 Å². The third kappa shape index (κ3) is 2.85. The summed E-state index contributed by atoms with van der Waals surface area (Å²) in [5.74, 6) is 0.601. The molecule has 122 valence electrons. The second-order valence-electron chi connectivity index (χ2n) is 6.06. The lowest BCUT2D eigenvalue weighted by molar-refractivity contribution is 0.262. The fourth-order valence-corrected chi connectivity index (χ4v) is 4.41. The van der Waals surface area contributed by atoms with Crippen LogP contribution in [-0.4, -0.2) is 16.0 Å². The number of thiophene rings is 1. The Balaban J connectivity index is 1.62. The Morgan fingerprint density at radius 1 is 1.17 bits per heavy atom. The lowest BCUT2D eigenvalue weighted by Gasteiger charge is -2.12. The highest BCUT2D eigenvalue weighted by Crippen LogP contribution is 2.38. The van der Waals surface area contributed by atoms with Crippen molar-refractivity contribution in [1.82, 2.24) is 9.97 Å². The number of nitrogens with zero attached hydrogens (tertiary/aromatic N) is 2. The van der Waals surface area contributed by atoms with Gasteiger partial charge in [0.2, 0.25) is 0 Å². The van der Waals surface area contributed by atoms with Gasteiger partial charge in [-0.25, -0.2) is 14.8 Å². The number of carbonyl (C=O) groups is 1. The van der Waals surface area contributed by atoms with Gasteiger partial charge in [0.15, 0.2) is 0 Å². The number of nitrogens with one attached hydrogen (secondary N) is 2. The van der Waals surface area contributed by atoms with E-state index >= 15 is 0 Å². The molecular weight excluding hydrogens is 320 g/mol. The van der Waals surface area contributed by atoms with E-state index in [9.17, 15) is 4.79 Å². The predicted octanol–water partition coefficient (Wildman–Crippen LogP) is 4.52. The number of rotatable bonds is 2. The molecule has 0 saturated heterocycles. The van der Waals surface area contributed by atoms with Crippen molar-refractivity contribution in [2.75, 3.05) is 10.6 Å². The summed E-state index contributed by atoms with van der Waals surface area (Å²) in [6.07, 6.45) is 6.07. The fraction of sp³-hybridized carbons (Fsp3) is 0.278. The first kappa shape index (κ1) is 15.1. The molecule has 24 heavy (non-hydrogen) atoms. The molecule has 6 heteroatoms. The van der Waals surface area contributed by atoms with E-state index < -0.39 is 0 Å². The molecule has 3 aromatic rings. The number of aromatic nitrogens is 2. The van der Waals surface area contributed by atoms with Gasteiger partial charge in [-0.3, -0.25) is 5.32 Å². The zero-order valence-corrected chi connectivity index (χ0v) is 14.2. The number of fused-ring (bicyclic) bond motifs is 3. The SMILES string of the molecule is Cc1cccc(NC(=O)Nc2ncnc3sc4c(c23)CCCC4)c1. The molecule has 2 N–H and O–H groups in total. The molecule has 0 unspecified atom stereocenters. The van der Waals surface area contributed by atoms with Crippen molar-refractivity contribution in [2.24, 2.45) is 0 Å². The van der Waals surface area contributed by atoms with Crippen LogP contribution in [0.2, 0.25) is 0 Å². The van der Waals surface area contributed by atoms with Crippen molar-refractivity contribution in [3.8, 4) is 0 Å². The molecule has 4 rings (SSSR count). The van der Waals surface area contributed by atoms with Crippen molar-refractivity contribution in [1.29, 1.82) is 0 Å². The van der Waals surface area contributed by atoms with Crippen molar-refractivity contribution in [2.45, 2.75) is 32.6 Å². The van der Waals surface area contributed by atoms with Crippen LogP contribution >= 0.6 is 11.3 Å². The zero-order chi connectivity index (χ0) is 16.5. The van der Waals surface area contributed by atoms with Gasteiger partial charge < -0.3 is 5.32 Å². The summed E-state index contributed by atoms with van der Waals surface area (Å²) in [4.78, 5) is 23.4. The van der Waals surface area contributed by atoms with Gasteiger partial charge in [-0.2, -0.15) is 0 Å². The van der Waals surface area contributed by atoms with Gasteiger partial charge in [-0.05, 0) is 55.9 Å². The first-order valence-corrected chi connectivity index (χ1v) is 8.92. The highest BCUT2D eigenvalue weighted by atomic mass is 32.1. The number of aryl methyl sites for hydroxylation is 3. The van der Waals surface area contributed by atoms with E-state index in [1.165, 1.54) is 29.6 Å². The van der Waals surface area contributed by atoms with Crippen molar-refractivity contribution >= 4 is 39.1 Å². The minimum atomic E-state index is -0.281. The van der Waals surface area contributed by atoms with Crippen LogP contribution in [0.3, 0.4) is 0 Å². The summed E-state index contributed by atoms with van der Waals surface area (Å²) in [6.45, 7) is 1.99. The molecule has 1 aromatic carbocycles. The predicted molar refractivity (Wildman–Crippen MR) is 97.9 cm³/mol. The number of hydrogen-bond donors (Lipinski definition) is 2. The van der Waals surface area contributed by atoms with Gasteiger partial charge >= 0.3 is 6.03 Å². The molecule has 2 heterocycles. The molecule has 2 amide bonds. The van der Waals surface area contributed by atoms with E-state index in [-0.39, 0.29) is 6.03 Å². The van der Waals surface area contributed by atoms with Crippen molar-refractivity contribution < 1.29 is 4.79 Å². The Hall–Kier alpha value is -2.47. The van der Waals surface area contributed by atoms with E-state index in [1.807, 2.05) is 31.2 Å². The van der Waals surface area contributed by atoms with Gasteiger partial charge in [0, 0.05) is 10.6 Å². The van der Waals surface area contributed by atoms with Gasteiger partial charge in [0.1, 0.15) is 17.0 Å². The van der Waals surface area contributed by atoms with E-state index in [1.54, 1.807) is 11.3 Å². The Bertz CT molecular complexity index is 919. The van der Waals surface area contributed by atoms with Gasteiger partial charge in [-0.15, -0.1) is 11.3 Å². The Labute approximate surface area is 144 Å². The first-order valence-electron chi connectivity index (χ1n) is 8.10. The molecule has 1 aliphatic carbocycles. The van der Waals surface area contributed by atoms with E-state index in [2.05, 4.69) is 20.6 Å². The fourth-order valence-electron chi connectivity index (χ4n) is 3.18. The van der Waals surface area contributed by atoms with E-state index in [0.29, 0.717) is 5.82 Å². The number of anilines is 2.